The van der Waals surface area contributed by atoms with Crippen LogP contribution in [0, 0.1) is 0 Å². The summed E-state index contributed by atoms with van der Waals surface area (Å²) in [5, 5.41) is 0. The van der Waals surface area contributed by atoms with Gasteiger partial charge < -0.3 is 4.90 Å². The van der Waals surface area contributed by atoms with Crippen molar-refractivity contribution in [3.63, 3.8) is 0 Å². The maximum absolute atomic E-state index is 11.8. The van der Waals surface area contributed by atoms with E-state index >= 15 is 0 Å². The molecule has 1 aromatic rings. The van der Waals surface area contributed by atoms with E-state index < -0.39 is 0 Å². The van der Waals surface area contributed by atoms with Crippen molar-refractivity contribution in [2.75, 3.05) is 19.0 Å². The minimum Gasteiger partial charge on any atom is -0.378 e. The van der Waals surface area contributed by atoms with Crippen LogP contribution in [0.4, 0.5) is 5.69 Å². The highest BCUT2D eigenvalue weighted by molar-refractivity contribution is 6.12. The lowest BCUT2D eigenvalue weighted by Gasteiger charge is -2.12. The molecule has 0 aromatic heterocycles. The third-order valence-corrected chi connectivity index (χ3v) is 2.50. The minimum absolute atomic E-state index is 0.101. The summed E-state index contributed by atoms with van der Waals surface area (Å²) >= 11 is 0. The fraction of sp³-hybridized carbons (Fsp3) is 0.286. The number of carbonyl (C=O) groups excluding carboxylic acids is 2. The Bertz CT molecular complexity index is 444. The summed E-state index contributed by atoms with van der Waals surface area (Å²) in [7, 11) is 3.86. The molecule has 0 saturated carbocycles. The minimum atomic E-state index is -0.202. The van der Waals surface area contributed by atoms with Crippen LogP contribution in [-0.2, 0) is 4.79 Å². The number of ketones is 2. The van der Waals surface area contributed by atoms with Gasteiger partial charge in [0.05, 0.1) is 6.42 Å². The molecule has 0 radical (unpaired) electrons. The largest absolute Gasteiger partial charge is 0.378 e. The lowest BCUT2D eigenvalue weighted by Crippen LogP contribution is -2.10. The number of allylic oxidation sites excluding steroid dienone is 1. The van der Waals surface area contributed by atoms with Crippen LogP contribution in [0.3, 0.4) is 0 Å². The number of hydrogen-bond acceptors (Lipinski definition) is 3. The van der Waals surface area contributed by atoms with Crippen LogP contribution in [0.5, 0.6) is 0 Å². The SMILES string of the molecule is C=C(C)C(=O)CC(=O)c1ccc(N(C)C)cc1. The molecule has 17 heavy (non-hydrogen) atoms. The molecule has 0 saturated heterocycles. The van der Waals surface area contributed by atoms with Gasteiger partial charge in [-0.25, -0.2) is 0 Å². The molecule has 0 spiro atoms. The van der Waals surface area contributed by atoms with Crippen molar-refractivity contribution in [3.8, 4) is 0 Å². The van der Waals surface area contributed by atoms with E-state index in [-0.39, 0.29) is 18.0 Å². The fourth-order valence-electron chi connectivity index (χ4n) is 1.34. The Balaban J connectivity index is 2.77. The third-order valence-electron chi connectivity index (χ3n) is 2.50. The average molecular weight is 231 g/mol. The lowest BCUT2D eigenvalue weighted by molar-refractivity contribution is -0.114. The first-order valence-electron chi connectivity index (χ1n) is 5.41. The Morgan fingerprint density at radius 3 is 2.12 bits per heavy atom. The molecule has 0 N–H and O–H groups in total. The molecule has 0 bridgehead atoms. The van der Waals surface area contributed by atoms with Crippen LogP contribution in [0.15, 0.2) is 36.4 Å². The monoisotopic (exact) mass is 231 g/mol. The Hall–Kier alpha value is -1.90. The van der Waals surface area contributed by atoms with Gasteiger partial charge in [-0.05, 0) is 36.8 Å². The smallest absolute Gasteiger partial charge is 0.170 e. The number of carbonyl (C=O) groups is 2. The van der Waals surface area contributed by atoms with E-state index in [9.17, 15) is 9.59 Å². The van der Waals surface area contributed by atoms with Crippen LogP contribution in [-0.4, -0.2) is 25.7 Å². The molecule has 1 aromatic carbocycles. The molecule has 0 aliphatic heterocycles. The average Bonchev–Trinajstić information content (AvgIpc) is 2.28. The van der Waals surface area contributed by atoms with Crippen LogP contribution in [0.1, 0.15) is 23.7 Å². The maximum Gasteiger partial charge on any atom is 0.170 e. The molecule has 0 unspecified atom stereocenters. The highest BCUT2D eigenvalue weighted by Gasteiger charge is 2.12. The summed E-state index contributed by atoms with van der Waals surface area (Å²) in [4.78, 5) is 25.1. The first kappa shape index (κ1) is 13.2. The van der Waals surface area contributed by atoms with E-state index in [4.69, 9.17) is 0 Å². The summed E-state index contributed by atoms with van der Waals surface area (Å²) in [6.45, 7) is 5.15. The van der Waals surface area contributed by atoms with E-state index in [0.717, 1.165) is 5.69 Å². The van der Waals surface area contributed by atoms with Gasteiger partial charge in [0.25, 0.3) is 0 Å². The number of hydrogen-bond donors (Lipinski definition) is 0. The molecule has 0 atom stereocenters. The predicted molar refractivity (Wildman–Crippen MR) is 69.5 cm³/mol. The van der Waals surface area contributed by atoms with Crippen LogP contribution < -0.4 is 4.90 Å². The van der Waals surface area contributed by atoms with E-state index in [1.165, 1.54) is 0 Å². The van der Waals surface area contributed by atoms with Crippen LogP contribution in [0.2, 0.25) is 0 Å². The van der Waals surface area contributed by atoms with Gasteiger partial charge in [-0.3, -0.25) is 9.59 Å². The van der Waals surface area contributed by atoms with E-state index in [0.29, 0.717) is 11.1 Å². The second-order valence-corrected chi connectivity index (χ2v) is 4.24. The predicted octanol–water partition coefficient (Wildman–Crippen LogP) is 2.47. The molecule has 0 heterocycles. The zero-order valence-electron chi connectivity index (χ0n) is 10.5. The number of nitrogens with zero attached hydrogens (tertiary/aromatic N) is 1. The quantitative estimate of drug-likeness (QED) is 0.444. The summed E-state index contributed by atoms with van der Waals surface area (Å²) in [6, 6.07) is 7.20. The molecular weight excluding hydrogens is 214 g/mol. The highest BCUT2D eigenvalue weighted by Crippen LogP contribution is 2.14. The lowest BCUT2D eigenvalue weighted by atomic mass is 10.0. The third kappa shape index (κ3) is 3.55. The summed E-state index contributed by atoms with van der Waals surface area (Å²) in [5.74, 6) is -0.366. The highest BCUT2D eigenvalue weighted by atomic mass is 16.1. The Kier molecular flexibility index (Phi) is 4.21. The zero-order chi connectivity index (χ0) is 13.0. The normalized spacial score (nSPS) is 9.82. The second-order valence-electron chi connectivity index (χ2n) is 4.24. The molecule has 0 aliphatic carbocycles. The topological polar surface area (TPSA) is 37.4 Å². The van der Waals surface area contributed by atoms with Crippen LogP contribution in [0.25, 0.3) is 0 Å². The fourth-order valence-corrected chi connectivity index (χ4v) is 1.34. The van der Waals surface area contributed by atoms with Crippen molar-refractivity contribution in [1.29, 1.82) is 0 Å². The molecule has 1 rings (SSSR count). The van der Waals surface area contributed by atoms with E-state index in [1.54, 1.807) is 19.1 Å². The van der Waals surface area contributed by atoms with Gasteiger partial charge in [-0.15, -0.1) is 0 Å². The molecule has 0 aliphatic rings. The molecule has 90 valence electrons. The summed E-state index contributed by atoms with van der Waals surface area (Å²) in [5.41, 5.74) is 2.00. The Morgan fingerprint density at radius 1 is 1.18 bits per heavy atom. The Morgan fingerprint density at radius 2 is 1.71 bits per heavy atom. The van der Waals surface area contributed by atoms with E-state index in [1.807, 2.05) is 31.1 Å². The van der Waals surface area contributed by atoms with Gasteiger partial charge in [-0.2, -0.15) is 0 Å². The van der Waals surface area contributed by atoms with Gasteiger partial charge in [0.15, 0.2) is 11.6 Å². The van der Waals surface area contributed by atoms with Crippen molar-refractivity contribution >= 4 is 17.3 Å². The van der Waals surface area contributed by atoms with Gasteiger partial charge >= 0.3 is 0 Å². The van der Waals surface area contributed by atoms with Gasteiger partial charge in [0.1, 0.15) is 0 Å². The van der Waals surface area contributed by atoms with Crippen molar-refractivity contribution in [2.45, 2.75) is 13.3 Å². The van der Waals surface area contributed by atoms with Crippen molar-refractivity contribution in [3.05, 3.63) is 42.0 Å². The van der Waals surface area contributed by atoms with Crippen molar-refractivity contribution in [1.82, 2.24) is 0 Å². The number of anilines is 1. The summed E-state index contributed by atoms with van der Waals surface area (Å²) in [6.07, 6.45) is -0.101. The molecular formula is C14H17NO2. The van der Waals surface area contributed by atoms with Gasteiger partial charge in [-0.1, -0.05) is 6.58 Å². The number of benzene rings is 1. The summed E-state index contributed by atoms with van der Waals surface area (Å²) < 4.78 is 0. The number of rotatable bonds is 5. The standard InChI is InChI=1S/C14H17NO2/c1-10(2)13(16)9-14(17)11-5-7-12(8-6-11)15(3)4/h5-8H,1,9H2,2-4H3. The first-order valence-corrected chi connectivity index (χ1v) is 5.41. The first-order chi connectivity index (χ1) is 7.91. The maximum atomic E-state index is 11.8. The van der Waals surface area contributed by atoms with Crippen molar-refractivity contribution in [2.24, 2.45) is 0 Å². The molecule has 0 amide bonds. The zero-order valence-corrected chi connectivity index (χ0v) is 10.5. The molecule has 3 heteroatoms. The second kappa shape index (κ2) is 5.43. The van der Waals surface area contributed by atoms with Gasteiger partial charge in [0, 0.05) is 25.3 Å². The van der Waals surface area contributed by atoms with Crippen molar-refractivity contribution < 1.29 is 9.59 Å². The molecule has 0 fully saturated rings. The van der Waals surface area contributed by atoms with Crippen LogP contribution >= 0.6 is 0 Å². The van der Waals surface area contributed by atoms with Gasteiger partial charge in [0.2, 0.25) is 0 Å². The molecule has 3 nitrogen and oxygen atoms in total. The number of Topliss-reactive ketones (excluding diaryl/α,β-unsaturated/α-hetero) is 2. The van der Waals surface area contributed by atoms with E-state index in [2.05, 4.69) is 6.58 Å². The Labute approximate surface area is 102 Å².